The highest BCUT2D eigenvalue weighted by Crippen LogP contribution is 1.85. The third-order valence-corrected chi connectivity index (χ3v) is 1.59. The summed E-state index contributed by atoms with van der Waals surface area (Å²) in [4.78, 5) is 9.50. The summed E-state index contributed by atoms with van der Waals surface area (Å²) >= 11 is 0. The molecule has 0 unspecified atom stereocenters. The highest BCUT2D eigenvalue weighted by Gasteiger charge is 1.82. The SMILES string of the molecule is CCCCO[SiH2]N=C=O. The molecule has 0 saturated heterocycles. The van der Waals surface area contributed by atoms with E-state index in [1.54, 1.807) is 0 Å². The van der Waals surface area contributed by atoms with Crippen molar-refractivity contribution in [2.45, 2.75) is 19.8 Å². The van der Waals surface area contributed by atoms with E-state index in [1.165, 1.54) is 6.08 Å². The molecule has 0 aliphatic heterocycles. The van der Waals surface area contributed by atoms with Crippen LogP contribution < -0.4 is 0 Å². The van der Waals surface area contributed by atoms with Crippen LogP contribution in [0.15, 0.2) is 4.66 Å². The average molecular weight is 145 g/mol. The van der Waals surface area contributed by atoms with Crippen molar-refractivity contribution < 1.29 is 9.22 Å². The maximum atomic E-state index is 9.50. The largest absolute Gasteiger partial charge is 0.402 e. The van der Waals surface area contributed by atoms with E-state index >= 15 is 0 Å². The molecule has 0 amide bonds. The molecular formula is C5H11NO2Si. The fourth-order valence-electron chi connectivity index (χ4n) is 0.383. The number of hydrogen-bond donors (Lipinski definition) is 0. The van der Waals surface area contributed by atoms with Crippen LogP contribution in [0.25, 0.3) is 0 Å². The first kappa shape index (κ1) is 8.56. The first-order valence-electron chi connectivity index (χ1n) is 3.03. The zero-order valence-electron chi connectivity index (χ0n) is 5.59. The van der Waals surface area contributed by atoms with Crippen LogP contribution in [0.4, 0.5) is 0 Å². The number of carbonyl (C=O) groups excluding carboxylic acids is 1. The fourth-order valence-corrected chi connectivity index (χ4v) is 0.860. The van der Waals surface area contributed by atoms with Crippen LogP contribution in [0.5, 0.6) is 0 Å². The van der Waals surface area contributed by atoms with Gasteiger partial charge in [0, 0.05) is 6.61 Å². The summed E-state index contributed by atoms with van der Waals surface area (Å²) in [5.74, 6) is 0. The fraction of sp³-hybridized carbons (Fsp3) is 0.800. The number of hydrogen-bond acceptors (Lipinski definition) is 3. The molecule has 0 aromatic rings. The zero-order valence-corrected chi connectivity index (χ0v) is 7.01. The van der Waals surface area contributed by atoms with Gasteiger partial charge in [-0.2, -0.15) is 0 Å². The van der Waals surface area contributed by atoms with Crippen LogP contribution in [-0.2, 0) is 9.22 Å². The second kappa shape index (κ2) is 7.56. The molecule has 0 heterocycles. The van der Waals surface area contributed by atoms with Gasteiger partial charge in [0.25, 0.3) is 0 Å². The van der Waals surface area contributed by atoms with E-state index < -0.39 is 9.92 Å². The molecular weight excluding hydrogens is 134 g/mol. The lowest BCUT2D eigenvalue weighted by Crippen LogP contribution is -1.96. The zero-order chi connectivity index (χ0) is 6.95. The van der Waals surface area contributed by atoms with Crippen molar-refractivity contribution in [2.75, 3.05) is 6.61 Å². The van der Waals surface area contributed by atoms with Crippen LogP contribution in [0.3, 0.4) is 0 Å². The van der Waals surface area contributed by atoms with Gasteiger partial charge in [0.15, 0.2) is 0 Å². The van der Waals surface area contributed by atoms with Crippen LogP contribution >= 0.6 is 0 Å². The van der Waals surface area contributed by atoms with E-state index in [9.17, 15) is 4.79 Å². The van der Waals surface area contributed by atoms with E-state index in [0.717, 1.165) is 19.4 Å². The van der Waals surface area contributed by atoms with Crippen molar-refractivity contribution in [1.82, 2.24) is 0 Å². The molecule has 0 rings (SSSR count). The molecule has 0 bridgehead atoms. The maximum absolute atomic E-state index is 9.50. The molecule has 0 fully saturated rings. The van der Waals surface area contributed by atoms with Gasteiger partial charge in [-0.3, -0.25) is 0 Å². The van der Waals surface area contributed by atoms with E-state index in [4.69, 9.17) is 4.43 Å². The first-order chi connectivity index (χ1) is 4.41. The summed E-state index contributed by atoms with van der Waals surface area (Å²) in [6.07, 6.45) is 3.64. The Morgan fingerprint density at radius 3 is 3.11 bits per heavy atom. The van der Waals surface area contributed by atoms with Gasteiger partial charge >= 0.3 is 9.92 Å². The Morgan fingerprint density at radius 1 is 1.78 bits per heavy atom. The van der Waals surface area contributed by atoms with Crippen molar-refractivity contribution >= 4 is 16.0 Å². The summed E-state index contributed by atoms with van der Waals surface area (Å²) < 4.78 is 8.38. The van der Waals surface area contributed by atoms with E-state index in [1.807, 2.05) is 0 Å². The summed E-state index contributed by atoms with van der Waals surface area (Å²) in [5, 5.41) is 0. The molecule has 0 aliphatic carbocycles. The van der Waals surface area contributed by atoms with Crippen LogP contribution in [0.2, 0.25) is 0 Å². The quantitative estimate of drug-likeness (QED) is 0.239. The number of unbranched alkanes of at least 4 members (excludes halogenated alkanes) is 1. The second-order valence-electron chi connectivity index (χ2n) is 1.64. The summed E-state index contributed by atoms with van der Waals surface area (Å²) in [6.45, 7) is 2.84. The lowest BCUT2D eigenvalue weighted by atomic mass is 10.4. The minimum atomic E-state index is -0.908. The Morgan fingerprint density at radius 2 is 2.56 bits per heavy atom. The van der Waals surface area contributed by atoms with Crippen molar-refractivity contribution in [3.8, 4) is 0 Å². The Hall–Kier alpha value is -0.443. The minimum Gasteiger partial charge on any atom is -0.402 e. The smallest absolute Gasteiger partial charge is 0.301 e. The predicted octanol–water partition coefficient (Wildman–Crippen LogP) is 0.138. The molecule has 0 atom stereocenters. The Kier molecular flexibility index (Phi) is 7.18. The van der Waals surface area contributed by atoms with Crippen molar-refractivity contribution in [2.24, 2.45) is 4.66 Å². The van der Waals surface area contributed by atoms with Crippen LogP contribution in [-0.4, -0.2) is 22.6 Å². The normalized spacial score (nSPS) is 9.89. The molecule has 9 heavy (non-hydrogen) atoms. The highest BCUT2D eigenvalue weighted by atomic mass is 28.2. The summed E-state index contributed by atoms with van der Waals surface area (Å²) in [7, 11) is -0.908. The van der Waals surface area contributed by atoms with E-state index in [0.29, 0.717) is 0 Å². The Bertz CT molecular complexity index is 101. The van der Waals surface area contributed by atoms with Crippen LogP contribution in [0.1, 0.15) is 19.8 Å². The van der Waals surface area contributed by atoms with Gasteiger partial charge in [-0.1, -0.05) is 13.3 Å². The van der Waals surface area contributed by atoms with E-state index in [2.05, 4.69) is 11.6 Å². The third-order valence-electron chi connectivity index (χ3n) is 0.863. The van der Waals surface area contributed by atoms with Gasteiger partial charge in [-0.25, -0.2) is 9.45 Å². The predicted molar refractivity (Wildman–Crippen MR) is 37.5 cm³/mol. The standard InChI is InChI=1S/C5H11NO2Si/c1-2-3-4-8-9-6-5-7/h2-4,9H2,1H3. The number of rotatable bonds is 5. The number of isocyanates is 1. The lowest BCUT2D eigenvalue weighted by Gasteiger charge is -1.94. The summed E-state index contributed by atoms with van der Waals surface area (Å²) in [6, 6.07) is 0. The van der Waals surface area contributed by atoms with Gasteiger partial charge in [0.05, 0.1) is 0 Å². The molecule has 0 spiro atoms. The third kappa shape index (κ3) is 7.56. The summed E-state index contributed by atoms with van der Waals surface area (Å²) in [5.41, 5.74) is 0. The van der Waals surface area contributed by atoms with Gasteiger partial charge in [0.1, 0.15) is 0 Å². The molecule has 0 N–H and O–H groups in total. The molecule has 4 heteroatoms. The number of nitrogens with zero attached hydrogens (tertiary/aromatic N) is 1. The monoisotopic (exact) mass is 145 g/mol. The molecule has 0 aliphatic rings. The molecule has 0 saturated carbocycles. The first-order valence-corrected chi connectivity index (χ1v) is 4.24. The second-order valence-corrected chi connectivity index (χ2v) is 2.62. The van der Waals surface area contributed by atoms with Gasteiger partial charge in [-0.05, 0) is 6.42 Å². The maximum Gasteiger partial charge on any atom is 0.301 e. The van der Waals surface area contributed by atoms with Gasteiger partial charge < -0.3 is 4.43 Å². The van der Waals surface area contributed by atoms with Gasteiger partial charge in [-0.15, -0.1) is 0 Å². The molecule has 3 nitrogen and oxygen atoms in total. The average Bonchev–Trinajstić information content (AvgIpc) is 1.89. The van der Waals surface area contributed by atoms with Crippen LogP contribution in [0, 0.1) is 0 Å². The Labute approximate surface area is 57.1 Å². The molecule has 0 aromatic carbocycles. The topological polar surface area (TPSA) is 38.7 Å². The lowest BCUT2D eigenvalue weighted by molar-refractivity contribution is 0.327. The highest BCUT2D eigenvalue weighted by molar-refractivity contribution is 6.26. The molecule has 52 valence electrons. The Balaban J connectivity index is 2.82. The van der Waals surface area contributed by atoms with Crippen molar-refractivity contribution in [3.63, 3.8) is 0 Å². The van der Waals surface area contributed by atoms with E-state index in [-0.39, 0.29) is 0 Å². The minimum absolute atomic E-state index is 0.744. The molecule has 0 radical (unpaired) electrons. The van der Waals surface area contributed by atoms with Crippen molar-refractivity contribution in [1.29, 1.82) is 0 Å². The molecule has 0 aromatic heterocycles. The van der Waals surface area contributed by atoms with Gasteiger partial charge in [0.2, 0.25) is 6.08 Å². The van der Waals surface area contributed by atoms with Crippen molar-refractivity contribution in [3.05, 3.63) is 0 Å².